The van der Waals surface area contributed by atoms with Crippen molar-refractivity contribution >= 4 is 33.3 Å². The topological polar surface area (TPSA) is 70.5 Å². The summed E-state index contributed by atoms with van der Waals surface area (Å²) in [6, 6.07) is 19.7. The molecule has 150 valence electrons. The minimum Gasteiger partial charge on any atom is -0.503 e. The molecule has 0 saturated heterocycles. The molecule has 0 aliphatic carbocycles. The first-order valence-corrected chi connectivity index (χ1v) is 10.3. The van der Waals surface area contributed by atoms with Gasteiger partial charge in [0.25, 0.3) is 5.91 Å². The Balaban J connectivity index is 1.72. The molecule has 0 radical (unpaired) electrons. The highest BCUT2D eigenvalue weighted by Gasteiger charge is 2.44. The minimum atomic E-state index is -0.710. The Bertz CT molecular complexity index is 1110. The van der Waals surface area contributed by atoms with Gasteiger partial charge in [-0.2, -0.15) is 0 Å². The van der Waals surface area contributed by atoms with Gasteiger partial charge in [0, 0.05) is 29.0 Å². The van der Waals surface area contributed by atoms with Gasteiger partial charge in [0.1, 0.15) is 0 Å². The third-order valence-electron chi connectivity index (χ3n) is 5.10. The van der Waals surface area contributed by atoms with Gasteiger partial charge in [-0.15, -0.1) is 0 Å². The maximum absolute atomic E-state index is 13.2. The molecule has 1 aliphatic heterocycles. The standard InChI is InChI=1S/C24H19BrN2O3/c25-18-7-4-8-19(15-18)27-22(17-11-13-26-14-12-17)21(23(29)24(27)30)20(28)10-9-16-5-2-1-3-6-16/h1-8,11-15,22,29H,9-10H2. The number of aliphatic hydroxyl groups excluding tert-OH is 1. The number of amides is 1. The van der Waals surface area contributed by atoms with Gasteiger partial charge in [-0.25, -0.2) is 0 Å². The van der Waals surface area contributed by atoms with E-state index in [1.54, 1.807) is 36.7 Å². The Labute approximate surface area is 182 Å². The summed E-state index contributed by atoms with van der Waals surface area (Å²) in [4.78, 5) is 31.7. The quantitative estimate of drug-likeness (QED) is 0.562. The number of halogens is 1. The first-order valence-electron chi connectivity index (χ1n) is 9.55. The van der Waals surface area contributed by atoms with E-state index in [1.807, 2.05) is 42.5 Å². The van der Waals surface area contributed by atoms with Crippen molar-refractivity contribution in [2.45, 2.75) is 18.9 Å². The molecule has 1 amide bonds. The Kier molecular flexibility index (Phi) is 5.77. The van der Waals surface area contributed by atoms with E-state index >= 15 is 0 Å². The molecule has 1 aromatic heterocycles. The fourth-order valence-corrected chi connectivity index (χ4v) is 4.07. The molecule has 3 aromatic rings. The number of nitrogens with zero attached hydrogens (tertiary/aromatic N) is 2. The van der Waals surface area contributed by atoms with Gasteiger partial charge in [0.05, 0.1) is 11.6 Å². The Morgan fingerprint density at radius 2 is 1.77 bits per heavy atom. The summed E-state index contributed by atoms with van der Waals surface area (Å²) in [5, 5.41) is 10.7. The molecule has 0 fully saturated rings. The van der Waals surface area contributed by atoms with Crippen molar-refractivity contribution in [3.8, 4) is 0 Å². The van der Waals surface area contributed by atoms with Gasteiger partial charge in [0.2, 0.25) is 0 Å². The lowest BCUT2D eigenvalue weighted by atomic mass is 9.93. The predicted molar refractivity (Wildman–Crippen MR) is 118 cm³/mol. The van der Waals surface area contributed by atoms with Crippen molar-refractivity contribution in [1.29, 1.82) is 0 Å². The van der Waals surface area contributed by atoms with E-state index in [9.17, 15) is 14.7 Å². The molecular formula is C24H19BrN2O3. The van der Waals surface area contributed by atoms with Crippen LogP contribution in [0, 0.1) is 0 Å². The molecule has 5 nitrogen and oxygen atoms in total. The third-order valence-corrected chi connectivity index (χ3v) is 5.59. The number of aliphatic hydroxyl groups is 1. The number of benzene rings is 2. The second-order valence-corrected chi connectivity index (χ2v) is 7.92. The molecule has 1 N–H and O–H groups in total. The van der Waals surface area contributed by atoms with Crippen LogP contribution in [-0.2, 0) is 16.0 Å². The summed E-state index contributed by atoms with van der Waals surface area (Å²) in [7, 11) is 0. The van der Waals surface area contributed by atoms with E-state index in [-0.39, 0.29) is 17.8 Å². The van der Waals surface area contributed by atoms with Crippen LogP contribution < -0.4 is 4.90 Å². The highest BCUT2D eigenvalue weighted by Crippen LogP contribution is 2.41. The third kappa shape index (κ3) is 3.91. The molecule has 0 bridgehead atoms. The van der Waals surface area contributed by atoms with Crippen LogP contribution in [0.25, 0.3) is 0 Å². The Hall–Kier alpha value is -3.25. The zero-order valence-corrected chi connectivity index (χ0v) is 17.6. The summed E-state index contributed by atoms with van der Waals surface area (Å²) in [6.45, 7) is 0. The number of carbonyl (C=O) groups excluding carboxylic acids is 2. The molecule has 1 aliphatic rings. The van der Waals surface area contributed by atoms with Gasteiger partial charge >= 0.3 is 0 Å². The van der Waals surface area contributed by atoms with E-state index < -0.39 is 17.7 Å². The Morgan fingerprint density at radius 3 is 2.47 bits per heavy atom. The lowest BCUT2D eigenvalue weighted by Gasteiger charge is -2.27. The van der Waals surface area contributed by atoms with E-state index in [0.29, 0.717) is 17.7 Å². The van der Waals surface area contributed by atoms with E-state index in [1.165, 1.54) is 4.90 Å². The van der Waals surface area contributed by atoms with Gasteiger partial charge in [0.15, 0.2) is 11.5 Å². The molecule has 1 unspecified atom stereocenters. The average molecular weight is 463 g/mol. The second kappa shape index (κ2) is 8.63. The zero-order chi connectivity index (χ0) is 21.1. The summed E-state index contributed by atoms with van der Waals surface area (Å²) < 4.78 is 0.796. The molecular weight excluding hydrogens is 444 g/mol. The summed E-state index contributed by atoms with van der Waals surface area (Å²) in [6.07, 6.45) is 3.95. The summed E-state index contributed by atoms with van der Waals surface area (Å²) in [5.74, 6) is -1.32. The molecule has 4 rings (SSSR count). The van der Waals surface area contributed by atoms with Gasteiger partial charge < -0.3 is 5.11 Å². The maximum atomic E-state index is 13.2. The molecule has 2 heterocycles. The normalized spacial score (nSPS) is 16.2. The number of hydrogen-bond donors (Lipinski definition) is 1. The van der Waals surface area contributed by atoms with E-state index in [4.69, 9.17) is 0 Å². The number of hydrogen-bond acceptors (Lipinski definition) is 4. The molecule has 6 heteroatoms. The summed E-state index contributed by atoms with van der Waals surface area (Å²) in [5.41, 5.74) is 2.46. The molecule has 0 spiro atoms. The number of pyridine rings is 1. The molecule has 2 aromatic carbocycles. The van der Waals surface area contributed by atoms with Crippen molar-refractivity contribution in [1.82, 2.24) is 4.98 Å². The van der Waals surface area contributed by atoms with Crippen LogP contribution in [0.3, 0.4) is 0 Å². The second-order valence-electron chi connectivity index (χ2n) is 7.01. The monoisotopic (exact) mass is 462 g/mol. The molecule has 0 saturated carbocycles. The number of rotatable bonds is 6. The van der Waals surface area contributed by atoms with Crippen molar-refractivity contribution in [3.63, 3.8) is 0 Å². The Morgan fingerprint density at radius 1 is 1.03 bits per heavy atom. The van der Waals surface area contributed by atoms with Gasteiger partial charge in [-0.05, 0) is 47.9 Å². The van der Waals surface area contributed by atoms with Crippen LogP contribution in [-0.4, -0.2) is 21.8 Å². The average Bonchev–Trinajstić information content (AvgIpc) is 3.04. The fraction of sp³-hybridized carbons (Fsp3) is 0.125. The van der Waals surface area contributed by atoms with Crippen molar-refractivity contribution < 1.29 is 14.7 Å². The van der Waals surface area contributed by atoms with Crippen molar-refractivity contribution in [2.24, 2.45) is 0 Å². The van der Waals surface area contributed by atoms with E-state index in [2.05, 4.69) is 20.9 Å². The van der Waals surface area contributed by atoms with Crippen LogP contribution in [0.15, 0.2) is 94.9 Å². The maximum Gasteiger partial charge on any atom is 0.294 e. The number of Topliss-reactive ketones (excluding diaryl/α,β-unsaturated/α-hetero) is 1. The molecule has 1 atom stereocenters. The number of aryl methyl sites for hydroxylation is 1. The van der Waals surface area contributed by atoms with Crippen LogP contribution in [0.1, 0.15) is 23.6 Å². The number of anilines is 1. The van der Waals surface area contributed by atoms with Crippen LogP contribution >= 0.6 is 15.9 Å². The lowest BCUT2D eigenvalue weighted by Crippen LogP contribution is -2.31. The SMILES string of the molecule is O=C(CCc1ccccc1)C1=C(O)C(=O)N(c2cccc(Br)c2)C1c1ccncc1. The van der Waals surface area contributed by atoms with Gasteiger partial charge in [-0.3, -0.25) is 19.5 Å². The smallest absolute Gasteiger partial charge is 0.294 e. The first-order chi connectivity index (χ1) is 14.6. The highest BCUT2D eigenvalue weighted by atomic mass is 79.9. The van der Waals surface area contributed by atoms with Crippen LogP contribution in [0.5, 0.6) is 0 Å². The summed E-state index contributed by atoms with van der Waals surface area (Å²) >= 11 is 3.42. The minimum absolute atomic E-state index is 0.127. The fourth-order valence-electron chi connectivity index (χ4n) is 3.68. The zero-order valence-electron chi connectivity index (χ0n) is 16.0. The van der Waals surface area contributed by atoms with Crippen LogP contribution in [0.4, 0.5) is 5.69 Å². The van der Waals surface area contributed by atoms with E-state index in [0.717, 1.165) is 10.0 Å². The van der Waals surface area contributed by atoms with Crippen molar-refractivity contribution in [2.75, 3.05) is 4.90 Å². The largest absolute Gasteiger partial charge is 0.503 e. The highest BCUT2D eigenvalue weighted by molar-refractivity contribution is 9.10. The van der Waals surface area contributed by atoms with Crippen LogP contribution in [0.2, 0.25) is 0 Å². The number of ketones is 1. The first kappa shape index (κ1) is 20.0. The molecule has 30 heavy (non-hydrogen) atoms. The predicted octanol–water partition coefficient (Wildman–Crippen LogP) is 4.95. The van der Waals surface area contributed by atoms with Gasteiger partial charge in [-0.1, -0.05) is 52.3 Å². The number of carbonyl (C=O) groups is 2. The lowest BCUT2D eigenvalue weighted by molar-refractivity contribution is -0.118. The van der Waals surface area contributed by atoms with Crippen molar-refractivity contribution in [3.05, 3.63) is 106 Å². The number of aromatic nitrogens is 1.